The molecular formula is C15H18N6O. The maximum absolute atomic E-state index is 6.26. The fourth-order valence-corrected chi connectivity index (χ4v) is 2.96. The third-order valence-electron chi connectivity index (χ3n) is 4.54. The zero-order chi connectivity index (χ0) is 15.5. The maximum atomic E-state index is 6.26. The average Bonchev–Trinajstić information content (AvgIpc) is 3.02. The second kappa shape index (κ2) is 4.36. The van der Waals surface area contributed by atoms with Crippen LogP contribution in [0.2, 0.25) is 0 Å². The van der Waals surface area contributed by atoms with E-state index in [2.05, 4.69) is 20.2 Å². The van der Waals surface area contributed by atoms with E-state index in [1.165, 1.54) is 0 Å². The monoisotopic (exact) mass is 298 g/mol. The number of nitrogens with two attached hydrogens (primary N) is 1. The standard InChI is InChI=1S/C15H18N6O/c1-8-11(7-10-9(2)19-21(3)12(10)17-8)13-18-14(20-22-13)15(16)5-4-6-15/h7H,4-6,16H2,1-3H3. The predicted molar refractivity (Wildman–Crippen MR) is 81.0 cm³/mol. The first kappa shape index (κ1) is 13.4. The molecule has 0 aliphatic heterocycles. The minimum atomic E-state index is -0.419. The van der Waals surface area contributed by atoms with Crippen LogP contribution in [0.1, 0.15) is 36.5 Å². The summed E-state index contributed by atoms with van der Waals surface area (Å²) in [7, 11) is 1.89. The van der Waals surface area contributed by atoms with Crippen LogP contribution in [0.4, 0.5) is 0 Å². The van der Waals surface area contributed by atoms with Gasteiger partial charge in [-0.15, -0.1) is 0 Å². The van der Waals surface area contributed by atoms with Gasteiger partial charge >= 0.3 is 0 Å². The summed E-state index contributed by atoms with van der Waals surface area (Å²) < 4.78 is 7.22. The lowest BCUT2D eigenvalue weighted by molar-refractivity contribution is 0.229. The van der Waals surface area contributed by atoms with Crippen molar-refractivity contribution in [1.82, 2.24) is 24.9 Å². The molecule has 114 valence electrons. The average molecular weight is 298 g/mol. The fourth-order valence-electron chi connectivity index (χ4n) is 2.96. The molecule has 0 spiro atoms. The van der Waals surface area contributed by atoms with Crippen LogP contribution in [0.3, 0.4) is 0 Å². The summed E-state index contributed by atoms with van der Waals surface area (Å²) in [5.74, 6) is 1.07. The quantitative estimate of drug-likeness (QED) is 0.777. The first-order valence-corrected chi connectivity index (χ1v) is 7.42. The Kier molecular flexibility index (Phi) is 2.65. The van der Waals surface area contributed by atoms with E-state index >= 15 is 0 Å². The summed E-state index contributed by atoms with van der Waals surface area (Å²) >= 11 is 0. The van der Waals surface area contributed by atoms with Crippen LogP contribution in [0.5, 0.6) is 0 Å². The van der Waals surface area contributed by atoms with Gasteiger partial charge in [0.2, 0.25) is 0 Å². The summed E-state index contributed by atoms with van der Waals surface area (Å²) in [6.45, 7) is 3.90. The van der Waals surface area contributed by atoms with Crippen molar-refractivity contribution in [3.05, 3.63) is 23.3 Å². The molecule has 4 rings (SSSR count). The molecular weight excluding hydrogens is 280 g/mol. The number of nitrogens with zero attached hydrogens (tertiary/aromatic N) is 5. The van der Waals surface area contributed by atoms with Gasteiger partial charge in [-0.25, -0.2) is 4.98 Å². The number of rotatable bonds is 2. The maximum Gasteiger partial charge on any atom is 0.259 e. The van der Waals surface area contributed by atoms with Crippen LogP contribution in [0.25, 0.3) is 22.5 Å². The van der Waals surface area contributed by atoms with Crippen molar-refractivity contribution in [2.75, 3.05) is 0 Å². The Bertz CT molecular complexity index is 874. The lowest BCUT2D eigenvalue weighted by atomic mass is 9.77. The van der Waals surface area contributed by atoms with E-state index in [9.17, 15) is 0 Å². The summed E-state index contributed by atoms with van der Waals surface area (Å²) in [4.78, 5) is 9.13. The SMILES string of the molecule is Cc1nc2c(cc1-c1nc(C3(N)CCC3)no1)c(C)nn2C. The zero-order valence-electron chi connectivity index (χ0n) is 12.9. The molecule has 0 atom stereocenters. The molecule has 0 unspecified atom stereocenters. The van der Waals surface area contributed by atoms with Crippen molar-refractivity contribution in [2.45, 2.75) is 38.6 Å². The summed E-state index contributed by atoms with van der Waals surface area (Å²) in [6.07, 6.45) is 2.93. The van der Waals surface area contributed by atoms with Crippen molar-refractivity contribution in [2.24, 2.45) is 12.8 Å². The number of hydrogen-bond donors (Lipinski definition) is 1. The normalized spacial score (nSPS) is 16.9. The summed E-state index contributed by atoms with van der Waals surface area (Å²) in [6, 6.07) is 2.02. The van der Waals surface area contributed by atoms with Gasteiger partial charge < -0.3 is 10.3 Å². The fraction of sp³-hybridized carbons (Fsp3) is 0.467. The molecule has 1 saturated carbocycles. The third kappa shape index (κ3) is 1.78. The molecule has 1 fully saturated rings. The van der Waals surface area contributed by atoms with Gasteiger partial charge in [0.05, 0.1) is 22.5 Å². The molecule has 22 heavy (non-hydrogen) atoms. The Balaban J connectivity index is 1.84. The van der Waals surface area contributed by atoms with Crippen molar-refractivity contribution in [3.8, 4) is 11.5 Å². The number of aryl methyl sites for hydroxylation is 3. The molecule has 0 radical (unpaired) electrons. The molecule has 1 aliphatic rings. The van der Waals surface area contributed by atoms with Crippen molar-refractivity contribution < 1.29 is 4.52 Å². The molecule has 0 saturated heterocycles. The number of pyridine rings is 1. The van der Waals surface area contributed by atoms with Crippen LogP contribution in [-0.2, 0) is 12.6 Å². The predicted octanol–water partition coefficient (Wildman–Crippen LogP) is 1.97. The Morgan fingerprint density at radius 2 is 2.00 bits per heavy atom. The molecule has 7 heteroatoms. The van der Waals surface area contributed by atoms with Crippen LogP contribution in [0.15, 0.2) is 10.6 Å². The van der Waals surface area contributed by atoms with Gasteiger partial charge in [-0.1, -0.05) is 5.16 Å². The number of fused-ring (bicyclic) bond motifs is 1. The second-order valence-electron chi connectivity index (χ2n) is 6.13. The molecule has 0 aromatic carbocycles. The summed E-state index contributed by atoms with van der Waals surface area (Å²) in [5, 5.41) is 9.47. The van der Waals surface area contributed by atoms with E-state index in [1.54, 1.807) is 4.68 Å². The topological polar surface area (TPSA) is 95.7 Å². The smallest absolute Gasteiger partial charge is 0.259 e. The molecule has 0 amide bonds. The van der Waals surface area contributed by atoms with Gasteiger partial charge in [0.1, 0.15) is 0 Å². The first-order chi connectivity index (χ1) is 10.5. The van der Waals surface area contributed by atoms with E-state index in [0.717, 1.165) is 47.2 Å². The van der Waals surface area contributed by atoms with Gasteiger partial charge in [0.15, 0.2) is 11.5 Å². The molecule has 3 aromatic rings. The second-order valence-corrected chi connectivity index (χ2v) is 6.13. The minimum Gasteiger partial charge on any atom is -0.334 e. The third-order valence-corrected chi connectivity index (χ3v) is 4.54. The lowest BCUT2D eigenvalue weighted by Crippen LogP contribution is -2.44. The molecule has 3 heterocycles. The zero-order valence-corrected chi connectivity index (χ0v) is 12.9. The highest BCUT2D eigenvalue weighted by atomic mass is 16.5. The van der Waals surface area contributed by atoms with Gasteiger partial charge in [-0.3, -0.25) is 4.68 Å². The van der Waals surface area contributed by atoms with Crippen LogP contribution >= 0.6 is 0 Å². The van der Waals surface area contributed by atoms with Crippen molar-refractivity contribution in [3.63, 3.8) is 0 Å². The van der Waals surface area contributed by atoms with E-state index in [4.69, 9.17) is 10.3 Å². The van der Waals surface area contributed by atoms with Crippen LogP contribution in [-0.4, -0.2) is 24.9 Å². The number of aromatic nitrogens is 5. The van der Waals surface area contributed by atoms with Gasteiger partial charge in [0, 0.05) is 12.4 Å². The first-order valence-electron chi connectivity index (χ1n) is 7.42. The molecule has 1 aliphatic carbocycles. The lowest BCUT2D eigenvalue weighted by Gasteiger charge is -2.34. The number of hydrogen-bond acceptors (Lipinski definition) is 6. The Morgan fingerprint density at radius 1 is 1.23 bits per heavy atom. The van der Waals surface area contributed by atoms with Gasteiger partial charge in [-0.2, -0.15) is 10.1 Å². The Morgan fingerprint density at radius 3 is 2.68 bits per heavy atom. The van der Waals surface area contributed by atoms with E-state index in [0.29, 0.717) is 11.7 Å². The molecule has 2 N–H and O–H groups in total. The van der Waals surface area contributed by atoms with Crippen molar-refractivity contribution >= 4 is 11.0 Å². The molecule has 0 bridgehead atoms. The Labute approximate surface area is 127 Å². The highest BCUT2D eigenvalue weighted by molar-refractivity contribution is 5.83. The summed E-state index contributed by atoms with van der Waals surface area (Å²) in [5.41, 5.74) is 9.30. The van der Waals surface area contributed by atoms with E-state index < -0.39 is 5.54 Å². The minimum absolute atomic E-state index is 0.419. The van der Waals surface area contributed by atoms with Gasteiger partial charge in [-0.05, 0) is 39.2 Å². The van der Waals surface area contributed by atoms with Gasteiger partial charge in [0.25, 0.3) is 5.89 Å². The van der Waals surface area contributed by atoms with E-state index in [-0.39, 0.29) is 0 Å². The molecule has 7 nitrogen and oxygen atoms in total. The Hall–Kier alpha value is -2.28. The van der Waals surface area contributed by atoms with Crippen LogP contribution in [0, 0.1) is 13.8 Å². The largest absolute Gasteiger partial charge is 0.334 e. The highest BCUT2D eigenvalue weighted by Crippen LogP contribution is 2.38. The van der Waals surface area contributed by atoms with Crippen molar-refractivity contribution in [1.29, 1.82) is 0 Å². The van der Waals surface area contributed by atoms with Crippen LogP contribution < -0.4 is 5.73 Å². The van der Waals surface area contributed by atoms with E-state index in [1.807, 2.05) is 27.0 Å². The highest BCUT2D eigenvalue weighted by Gasteiger charge is 2.39. The molecule has 3 aromatic heterocycles.